The number of carbonyl (C=O) groups is 1. The Balaban J connectivity index is 4.04. The normalized spacial score (nSPS) is 14.3. The number of carboxylic acid groups (broad SMARTS) is 1. The zero-order chi connectivity index (χ0) is 15.8. The predicted molar refractivity (Wildman–Crippen MR) is 68.3 cm³/mol. The lowest BCUT2D eigenvalue weighted by Crippen LogP contribution is -2.36. The number of aliphatic carboxylic acids is 1. The summed E-state index contributed by atoms with van der Waals surface area (Å²) < 4.78 is 60.9. The average Bonchev–Trinajstić information content (AvgIpc) is 2.30. The molecule has 0 radical (unpaired) electrons. The largest absolute Gasteiger partial charge is 0.480 e. The summed E-state index contributed by atoms with van der Waals surface area (Å²) in [6.07, 6.45) is -4.29. The van der Waals surface area contributed by atoms with E-state index < -0.39 is 29.7 Å². The number of hydrogen-bond donors (Lipinski definition) is 1. The zero-order valence-electron chi connectivity index (χ0n) is 11.2. The van der Waals surface area contributed by atoms with E-state index in [4.69, 9.17) is 5.11 Å². The molecule has 1 unspecified atom stereocenters. The maximum atomic E-state index is 12.6. The summed E-state index contributed by atoms with van der Waals surface area (Å²) in [5.74, 6) is -5.77. The second-order valence-corrected chi connectivity index (χ2v) is 5.81. The first-order valence-electron chi connectivity index (χ1n) is 6.40. The first kappa shape index (κ1) is 19.5. The van der Waals surface area contributed by atoms with Gasteiger partial charge in [-0.1, -0.05) is 26.2 Å². The molecule has 0 aromatic rings. The van der Waals surface area contributed by atoms with Crippen LogP contribution in [0.1, 0.15) is 45.4 Å². The summed E-state index contributed by atoms with van der Waals surface area (Å²) in [5, 5.41) is 8.18. The van der Waals surface area contributed by atoms with E-state index in [1.54, 1.807) is 0 Å². The summed E-state index contributed by atoms with van der Waals surface area (Å²) >= 11 is 0.931. The SMILES string of the molecule is CCCCCC(SCCCC(F)(F)C(F)(F)F)C(=O)O. The van der Waals surface area contributed by atoms with Gasteiger partial charge in [-0.2, -0.15) is 22.0 Å². The lowest BCUT2D eigenvalue weighted by atomic mass is 10.1. The van der Waals surface area contributed by atoms with Crippen LogP contribution >= 0.6 is 11.8 Å². The minimum atomic E-state index is -5.54. The van der Waals surface area contributed by atoms with Crippen molar-refractivity contribution in [2.24, 2.45) is 0 Å². The highest BCUT2D eigenvalue weighted by atomic mass is 32.2. The van der Waals surface area contributed by atoms with Gasteiger partial charge in [0.2, 0.25) is 0 Å². The average molecular weight is 322 g/mol. The highest BCUT2D eigenvalue weighted by molar-refractivity contribution is 8.00. The molecule has 1 N–H and O–H groups in total. The second-order valence-electron chi connectivity index (χ2n) is 4.50. The van der Waals surface area contributed by atoms with Crippen molar-refractivity contribution in [1.29, 1.82) is 0 Å². The Bertz CT molecular complexity index is 294. The molecule has 0 aromatic carbocycles. The van der Waals surface area contributed by atoms with Crippen LogP contribution in [0.25, 0.3) is 0 Å². The van der Waals surface area contributed by atoms with E-state index in [2.05, 4.69) is 0 Å². The number of alkyl halides is 5. The molecule has 0 aliphatic carbocycles. The zero-order valence-corrected chi connectivity index (χ0v) is 12.0. The molecule has 0 bridgehead atoms. The molecule has 20 heavy (non-hydrogen) atoms. The molecular weight excluding hydrogens is 303 g/mol. The molecule has 0 saturated carbocycles. The molecule has 0 saturated heterocycles. The van der Waals surface area contributed by atoms with Gasteiger partial charge in [0.1, 0.15) is 5.25 Å². The van der Waals surface area contributed by atoms with Crippen LogP contribution in [0, 0.1) is 0 Å². The standard InChI is InChI=1S/C12H19F5O2S/c1-2-3-4-6-9(10(18)19)20-8-5-7-11(13,14)12(15,16)17/h9H,2-8H2,1H3,(H,18,19). The van der Waals surface area contributed by atoms with Gasteiger partial charge in [-0.25, -0.2) is 0 Å². The molecule has 2 nitrogen and oxygen atoms in total. The van der Waals surface area contributed by atoms with E-state index in [0.29, 0.717) is 12.8 Å². The van der Waals surface area contributed by atoms with Crippen molar-refractivity contribution >= 4 is 17.7 Å². The monoisotopic (exact) mass is 322 g/mol. The molecule has 0 rings (SSSR count). The van der Waals surface area contributed by atoms with Crippen LogP contribution in [0.2, 0.25) is 0 Å². The van der Waals surface area contributed by atoms with Gasteiger partial charge in [-0.3, -0.25) is 4.79 Å². The highest BCUT2D eigenvalue weighted by Gasteiger charge is 2.56. The number of halogens is 5. The Kier molecular flexibility index (Phi) is 8.46. The van der Waals surface area contributed by atoms with Crippen LogP contribution in [0.15, 0.2) is 0 Å². The number of thioether (sulfide) groups is 1. The van der Waals surface area contributed by atoms with Crippen LogP contribution in [0.5, 0.6) is 0 Å². The van der Waals surface area contributed by atoms with Crippen LogP contribution in [0.3, 0.4) is 0 Å². The van der Waals surface area contributed by atoms with Gasteiger partial charge in [0.25, 0.3) is 0 Å². The third-order valence-electron chi connectivity index (χ3n) is 2.71. The summed E-state index contributed by atoms with van der Waals surface area (Å²) in [5.41, 5.74) is 0. The summed E-state index contributed by atoms with van der Waals surface area (Å²) in [7, 11) is 0. The van der Waals surface area contributed by atoms with E-state index in [1.165, 1.54) is 0 Å². The molecule has 0 spiro atoms. The fraction of sp³-hybridized carbons (Fsp3) is 0.917. The van der Waals surface area contributed by atoms with Crippen molar-refractivity contribution in [3.05, 3.63) is 0 Å². The summed E-state index contributed by atoms with van der Waals surface area (Å²) in [4.78, 5) is 10.9. The first-order valence-corrected chi connectivity index (χ1v) is 7.45. The van der Waals surface area contributed by atoms with Crippen molar-refractivity contribution in [2.75, 3.05) is 5.75 Å². The maximum Gasteiger partial charge on any atom is 0.453 e. The Morgan fingerprint density at radius 2 is 1.75 bits per heavy atom. The molecule has 0 fully saturated rings. The minimum Gasteiger partial charge on any atom is -0.480 e. The number of hydrogen-bond acceptors (Lipinski definition) is 2. The molecule has 0 aliphatic heterocycles. The van der Waals surface area contributed by atoms with Gasteiger partial charge in [-0.05, 0) is 18.6 Å². The van der Waals surface area contributed by atoms with Crippen LogP contribution in [0.4, 0.5) is 22.0 Å². The van der Waals surface area contributed by atoms with Crippen molar-refractivity contribution < 1.29 is 31.9 Å². The Morgan fingerprint density at radius 1 is 1.15 bits per heavy atom. The van der Waals surface area contributed by atoms with E-state index >= 15 is 0 Å². The van der Waals surface area contributed by atoms with Gasteiger partial charge in [0, 0.05) is 6.42 Å². The van der Waals surface area contributed by atoms with Crippen molar-refractivity contribution in [3.63, 3.8) is 0 Å². The molecule has 0 heterocycles. The molecule has 120 valence electrons. The lowest BCUT2D eigenvalue weighted by Gasteiger charge is -2.19. The van der Waals surface area contributed by atoms with Crippen LogP contribution in [-0.2, 0) is 4.79 Å². The lowest BCUT2D eigenvalue weighted by molar-refractivity contribution is -0.284. The molecule has 0 amide bonds. The minimum absolute atomic E-state index is 0.0191. The Labute approximate surface area is 119 Å². The second kappa shape index (κ2) is 8.69. The smallest absolute Gasteiger partial charge is 0.453 e. The van der Waals surface area contributed by atoms with E-state index in [0.717, 1.165) is 24.6 Å². The highest BCUT2D eigenvalue weighted by Crippen LogP contribution is 2.39. The third kappa shape index (κ3) is 7.31. The molecule has 0 aromatic heterocycles. The molecule has 8 heteroatoms. The Hall–Kier alpha value is -0.530. The number of unbranched alkanes of at least 4 members (excludes halogenated alkanes) is 2. The first-order chi connectivity index (χ1) is 9.12. The van der Waals surface area contributed by atoms with Crippen molar-refractivity contribution in [3.8, 4) is 0 Å². The topological polar surface area (TPSA) is 37.3 Å². The van der Waals surface area contributed by atoms with Crippen LogP contribution in [-0.4, -0.2) is 34.2 Å². The predicted octanol–water partition coefficient (Wildman–Crippen LogP) is 4.73. The molecule has 0 aliphatic rings. The van der Waals surface area contributed by atoms with Gasteiger partial charge >= 0.3 is 18.1 Å². The Morgan fingerprint density at radius 3 is 2.20 bits per heavy atom. The van der Waals surface area contributed by atoms with Gasteiger partial charge < -0.3 is 5.11 Å². The van der Waals surface area contributed by atoms with Gasteiger partial charge in [0.05, 0.1) is 0 Å². The number of carboxylic acids is 1. The fourth-order valence-electron chi connectivity index (χ4n) is 1.52. The van der Waals surface area contributed by atoms with E-state index in [9.17, 15) is 26.7 Å². The molecule has 1 atom stereocenters. The molecular formula is C12H19F5O2S. The third-order valence-corrected chi connectivity index (χ3v) is 4.08. The maximum absolute atomic E-state index is 12.6. The summed E-state index contributed by atoms with van der Waals surface area (Å²) in [6, 6.07) is 0. The van der Waals surface area contributed by atoms with Gasteiger partial charge in [0.15, 0.2) is 0 Å². The van der Waals surface area contributed by atoms with E-state index in [-0.39, 0.29) is 12.2 Å². The van der Waals surface area contributed by atoms with Gasteiger partial charge in [-0.15, -0.1) is 11.8 Å². The van der Waals surface area contributed by atoms with Crippen LogP contribution < -0.4 is 0 Å². The summed E-state index contributed by atoms with van der Waals surface area (Å²) in [6.45, 7) is 1.96. The van der Waals surface area contributed by atoms with E-state index in [1.807, 2.05) is 6.92 Å². The quantitative estimate of drug-likeness (QED) is 0.467. The number of rotatable bonds is 10. The van der Waals surface area contributed by atoms with Crippen molar-refractivity contribution in [1.82, 2.24) is 0 Å². The fourth-order valence-corrected chi connectivity index (χ4v) is 2.59. The van der Waals surface area contributed by atoms with Crippen molar-refractivity contribution in [2.45, 2.75) is 62.8 Å².